The minimum absolute atomic E-state index is 0.322. The van der Waals surface area contributed by atoms with E-state index in [-0.39, 0.29) is 5.56 Å². The largest absolute Gasteiger partial charge is 0.457 e. The molecule has 1 aromatic heterocycles. The summed E-state index contributed by atoms with van der Waals surface area (Å²) in [6, 6.07) is 18.5. The average Bonchev–Trinajstić information content (AvgIpc) is 2.85. The zero-order valence-corrected chi connectivity index (χ0v) is 11.5. The van der Waals surface area contributed by atoms with Gasteiger partial charge in [-0.2, -0.15) is 0 Å². The van der Waals surface area contributed by atoms with E-state index in [1.54, 1.807) is 0 Å². The summed E-state index contributed by atoms with van der Waals surface area (Å²) in [7, 11) is 0. The predicted molar refractivity (Wildman–Crippen MR) is 81.2 cm³/mol. The number of rotatable bonds is 1. The van der Waals surface area contributed by atoms with Crippen LogP contribution in [-0.2, 0) is 6.42 Å². The Morgan fingerprint density at radius 2 is 1.75 bits per heavy atom. The van der Waals surface area contributed by atoms with Crippen molar-refractivity contribution in [2.75, 3.05) is 0 Å². The molecule has 0 spiro atoms. The standard InChI is InChI=1S/C17H12ClNO/c18-15-10-13-16(11-6-2-1-3-7-11)12-8-4-5-9-14(12)19-17(13)20-15/h1-9,15H,10H2. The second-order valence-electron chi connectivity index (χ2n) is 4.89. The number of pyridine rings is 1. The van der Waals surface area contributed by atoms with Gasteiger partial charge in [-0.15, -0.1) is 0 Å². The van der Waals surface area contributed by atoms with Crippen molar-refractivity contribution in [2.24, 2.45) is 0 Å². The third-order valence-electron chi connectivity index (χ3n) is 3.62. The maximum atomic E-state index is 6.15. The lowest BCUT2D eigenvalue weighted by Gasteiger charge is -2.11. The summed E-state index contributed by atoms with van der Waals surface area (Å²) < 4.78 is 5.63. The highest BCUT2D eigenvalue weighted by atomic mass is 35.5. The van der Waals surface area contributed by atoms with E-state index in [0.29, 0.717) is 12.3 Å². The van der Waals surface area contributed by atoms with Gasteiger partial charge in [0.2, 0.25) is 5.88 Å². The van der Waals surface area contributed by atoms with Crippen molar-refractivity contribution in [1.82, 2.24) is 4.98 Å². The molecular weight excluding hydrogens is 270 g/mol. The molecule has 98 valence electrons. The molecule has 0 amide bonds. The van der Waals surface area contributed by atoms with Crippen molar-refractivity contribution in [2.45, 2.75) is 12.0 Å². The Hall–Kier alpha value is -2.06. The molecular formula is C17H12ClNO. The highest BCUT2D eigenvalue weighted by Crippen LogP contribution is 2.40. The highest BCUT2D eigenvalue weighted by molar-refractivity contribution is 6.20. The molecule has 0 saturated heterocycles. The maximum Gasteiger partial charge on any atom is 0.219 e. The van der Waals surface area contributed by atoms with Crippen LogP contribution in [0.15, 0.2) is 54.6 Å². The predicted octanol–water partition coefficient (Wildman–Crippen LogP) is 4.40. The van der Waals surface area contributed by atoms with Crippen LogP contribution in [0.2, 0.25) is 0 Å². The van der Waals surface area contributed by atoms with Crippen molar-refractivity contribution in [3.63, 3.8) is 0 Å². The fourth-order valence-corrected chi connectivity index (χ4v) is 3.01. The molecule has 0 radical (unpaired) electrons. The summed E-state index contributed by atoms with van der Waals surface area (Å²) in [6.45, 7) is 0. The zero-order valence-electron chi connectivity index (χ0n) is 10.7. The number of halogens is 1. The third kappa shape index (κ3) is 1.76. The van der Waals surface area contributed by atoms with Crippen molar-refractivity contribution in [3.05, 3.63) is 60.2 Å². The van der Waals surface area contributed by atoms with Crippen molar-refractivity contribution < 1.29 is 4.74 Å². The molecule has 3 aromatic rings. The molecule has 1 aliphatic heterocycles. The first kappa shape index (κ1) is 11.7. The summed E-state index contributed by atoms with van der Waals surface area (Å²) >= 11 is 6.15. The topological polar surface area (TPSA) is 22.1 Å². The monoisotopic (exact) mass is 281 g/mol. The number of alkyl halides is 1. The molecule has 0 fully saturated rings. The van der Waals surface area contributed by atoms with Gasteiger partial charge in [-0.3, -0.25) is 0 Å². The molecule has 1 atom stereocenters. The Morgan fingerprint density at radius 1 is 1.00 bits per heavy atom. The molecule has 1 unspecified atom stereocenters. The fraction of sp³-hybridized carbons (Fsp3) is 0.118. The SMILES string of the molecule is ClC1Cc2c(nc3ccccc3c2-c2ccccc2)O1. The van der Waals surface area contributed by atoms with Gasteiger partial charge in [-0.25, -0.2) is 4.98 Å². The average molecular weight is 282 g/mol. The van der Waals surface area contributed by atoms with Crippen LogP contribution in [0.3, 0.4) is 0 Å². The van der Waals surface area contributed by atoms with Crippen molar-refractivity contribution in [3.8, 4) is 17.0 Å². The molecule has 20 heavy (non-hydrogen) atoms. The quantitative estimate of drug-likeness (QED) is 0.617. The van der Waals surface area contributed by atoms with E-state index in [2.05, 4.69) is 23.2 Å². The van der Waals surface area contributed by atoms with Gasteiger partial charge >= 0.3 is 0 Å². The van der Waals surface area contributed by atoms with E-state index in [1.807, 2.05) is 36.4 Å². The maximum absolute atomic E-state index is 6.15. The number of ether oxygens (including phenoxy) is 1. The van der Waals surface area contributed by atoms with Crippen LogP contribution in [0.4, 0.5) is 0 Å². The molecule has 0 N–H and O–H groups in total. The van der Waals surface area contributed by atoms with Crippen LogP contribution in [0.25, 0.3) is 22.0 Å². The summed E-state index contributed by atoms with van der Waals surface area (Å²) in [5.41, 5.74) is 4.09. The minimum atomic E-state index is -0.322. The lowest BCUT2D eigenvalue weighted by Crippen LogP contribution is -2.01. The van der Waals surface area contributed by atoms with E-state index < -0.39 is 0 Å². The number of benzene rings is 2. The van der Waals surface area contributed by atoms with Gasteiger partial charge < -0.3 is 4.74 Å². The fourth-order valence-electron chi connectivity index (χ4n) is 2.77. The zero-order chi connectivity index (χ0) is 13.5. The normalized spacial score (nSPS) is 16.9. The van der Waals surface area contributed by atoms with Gasteiger partial charge in [-0.1, -0.05) is 60.1 Å². The van der Waals surface area contributed by atoms with E-state index in [9.17, 15) is 0 Å². The molecule has 3 heteroatoms. The lowest BCUT2D eigenvalue weighted by atomic mass is 9.95. The van der Waals surface area contributed by atoms with Gasteiger partial charge in [0.1, 0.15) is 0 Å². The number of fused-ring (bicyclic) bond motifs is 2. The lowest BCUT2D eigenvalue weighted by molar-refractivity contribution is 0.306. The smallest absolute Gasteiger partial charge is 0.219 e. The Morgan fingerprint density at radius 3 is 2.60 bits per heavy atom. The van der Waals surface area contributed by atoms with E-state index >= 15 is 0 Å². The van der Waals surface area contributed by atoms with Crippen LogP contribution < -0.4 is 4.74 Å². The third-order valence-corrected chi connectivity index (χ3v) is 3.87. The molecule has 0 aliphatic carbocycles. The summed E-state index contributed by atoms with van der Waals surface area (Å²) in [5, 5.41) is 1.15. The Labute approximate surface area is 122 Å². The summed E-state index contributed by atoms with van der Waals surface area (Å²) in [5.74, 6) is 0.669. The van der Waals surface area contributed by atoms with E-state index in [1.165, 1.54) is 11.1 Å². The van der Waals surface area contributed by atoms with Gasteiger partial charge in [0, 0.05) is 17.4 Å². The number of para-hydroxylation sites is 1. The number of aromatic nitrogens is 1. The van der Waals surface area contributed by atoms with Gasteiger partial charge in [0.15, 0.2) is 5.56 Å². The first-order chi connectivity index (χ1) is 9.83. The highest BCUT2D eigenvalue weighted by Gasteiger charge is 2.27. The van der Waals surface area contributed by atoms with Gasteiger partial charge in [0.25, 0.3) is 0 Å². The second-order valence-corrected chi connectivity index (χ2v) is 5.37. The number of hydrogen-bond acceptors (Lipinski definition) is 2. The molecule has 2 heterocycles. The molecule has 2 nitrogen and oxygen atoms in total. The van der Waals surface area contributed by atoms with Crippen LogP contribution in [0, 0.1) is 0 Å². The number of hydrogen-bond donors (Lipinski definition) is 0. The van der Waals surface area contributed by atoms with Crippen LogP contribution in [0.5, 0.6) is 5.88 Å². The minimum Gasteiger partial charge on any atom is -0.457 e. The van der Waals surface area contributed by atoms with Gasteiger partial charge in [0.05, 0.1) is 5.52 Å². The number of nitrogens with zero attached hydrogens (tertiary/aromatic N) is 1. The van der Waals surface area contributed by atoms with E-state index in [0.717, 1.165) is 16.5 Å². The second kappa shape index (κ2) is 4.50. The van der Waals surface area contributed by atoms with Crippen LogP contribution in [0.1, 0.15) is 5.56 Å². The van der Waals surface area contributed by atoms with E-state index in [4.69, 9.17) is 16.3 Å². The van der Waals surface area contributed by atoms with Gasteiger partial charge in [-0.05, 0) is 17.2 Å². The van der Waals surface area contributed by atoms with Crippen LogP contribution in [-0.4, -0.2) is 10.5 Å². The summed E-state index contributed by atoms with van der Waals surface area (Å²) in [4.78, 5) is 4.59. The Kier molecular flexibility index (Phi) is 2.64. The molecule has 0 bridgehead atoms. The Bertz CT molecular complexity index is 786. The summed E-state index contributed by atoms with van der Waals surface area (Å²) in [6.07, 6.45) is 0.693. The first-order valence-corrected chi connectivity index (χ1v) is 7.04. The Balaban J connectivity index is 2.10. The molecule has 4 rings (SSSR count). The first-order valence-electron chi connectivity index (χ1n) is 6.61. The molecule has 1 aliphatic rings. The van der Waals surface area contributed by atoms with Crippen molar-refractivity contribution >= 4 is 22.5 Å². The molecule has 2 aromatic carbocycles. The van der Waals surface area contributed by atoms with Crippen LogP contribution >= 0.6 is 11.6 Å². The molecule has 0 saturated carbocycles. The van der Waals surface area contributed by atoms with Crippen molar-refractivity contribution in [1.29, 1.82) is 0 Å².